The van der Waals surface area contributed by atoms with Crippen LogP contribution < -0.4 is 5.32 Å². The summed E-state index contributed by atoms with van der Waals surface area (Å²) in [7, 11) is 0. The summed E-state index contributed by atoms with van der Waals surface area (Å²) >= 11 is 5.72. The minimum atomic E-state index is 0.699. The fourth-order valence-electron chi connectivity index (χ4n) is 3.61. The molecule has 4 nitrogen and oxygen atoms in total. The summed E-state index contributed by atoms with van der Waals surface area (Å²) in [6.45, 7) is 7.34. The monoisotopic (exact) mass is 385 g/mol. The molecule has 0 spiro atoms. The van der Waals surface area contributed by atoms with E-state index in [2.05, 4.69) is 46.3 Å². The van der Waals surface area contributed by atoms with Crippen LogP contribution in [0.1, 0.15) is 43.4 Å². The molecular weight excluding hydrogens is 354 g/mol. The number of benzene rings is 1. The van der Waals surface area contributed by atoms with E-state index < -0.39 is 0 Å². The fraction of sp³-hybridized carbons (Fsp3) is 0.500. The predicted octanol–water partition coefficient (Wildman–Crippen LogP) is 5.05. The first-order valence-corrected chi connectivity index (χ1v) is 10.5. The highest BCUT2D eigenvalue weighted by molar-refractivity contribution is 7.80. The molecule has 1 N–H and O–H groups in total. The maximum Gasteiger partial charge on any atom is 0.173 e. The van der Waals surface area contributed by atoms with E-state index in [4.69, 9.17) is 16.6 Å². The van der Waals surface area contributed by atoms with Gasteiger partial charge in [0.05, 0.1) is 12.8 Å². The van der Waals surface area contributed by atoms with Gasteiger partial charge in [-0.25, -0.2) is 0 Å². The minimum Gasteiger partial charge on any atom is -0.467 e. The van der Waals surface area contributed by atoms with Crippen LogP contribution in [0.5, 0.6) is 0 Å². The summed E-state index contributed by atoms with van der Waals surface area (Å²) in [6.07, 6.45) is 8.27. The third-order valence-corrected chi connectivity index (χ3v) is 5.44. The van der Waals surface area contributed by atoms with E-state index in [1.807, 2.05) is 12.1 Å². The Hall–Kier alpha value is -1.85. The van der Waals surface area contributed by atoms with Crippen LogP contribution in [-0.2, 0) is 6.54 Å². The minimum absolute atomic E-state index is 0.699. The van der Waals surface area contributed by atoms with E-state index in [1.165, 1.54) is 44.3 Å². The summed E-state index contributed by atoms with van der Waals surface area (Å²) < 4.78 is 5.56. The zero-order valence-electron chi connectivity index (χ0n) is 16.3. The quantitative estimate of drug-likeness (QED) is 0.674. The van der Waals surface area contributed by atoms with Crippen LogP contribution in [0.3, 0.4) is 0 Å². The molecular formula is C22H31N3OS. The Morgan fingerprint density at radius 1 is 1.15 bits per heavy atom. The van der Waals surface area contributed by atoms with Gasteiger partial charge in [0, 0.05) is 12.2 Å². The van der Waals surface area contributed by atoms with E-state index in [0.29, 0.717) is 6.54 Å². The van der Waals surface area contributed by atoms with Gasteiger partial charge >= 0.3 is 0 Å². The number of nitrogens with one attached hydrogen (secondary N) is 1. The van der Waals surface area contributed by atoms with Crippen molar-refractivity contribution in [2.24, 2.45) is 0 Å². The van der Waals surface area contributed by atoms with Gasteiger partial charge in [-0.05, 0) is 87.9 Å². The first-order chi connectivity index (χ1) is 13.2. The van der Waals surface area contributed by atoms with Crippen molar-refractivity contribution in [3.8, 4) is 0 Å². The maximum absolute atomic E-state index is 5.72. The smallest absolute Gasteiger partial charge is 0.173 e. The number of hydrogen-bond donors (Lipinski definition) is 1. The van der Waals surface area contributed by atoms with E-state index in [0.717, 1.165) is 36.1 Å². The average molecular weight is 386 g/mol. The molecule has 0 atom stereocenters. The Morgan fingerprint density at radius 3 is 2.67 bits per heavy atom. The largest absolute Gasteiger partial charge is 0.467 e. The third kappa shape index (κ3) is 6.67. The molecule has 1 aromatic carbocycles. The molecule has 0 bridgehead atoms. The van der Waals surface area contributed by atoms with Gasteiger partial charge in [0.15, 0.2) is 5.11 Å². The summed E-state index contributed by atoms with van der Waals surface area (Å²) in [6, 6.07) is 12.3. The van der Waals surface area contributed by atoms with Crippen molar-refractivity contribution in [1.29, 1.82) is 0 Å². The summed E-state index contributed by atoms with van der Waals surface area (Å²) in [4.78, 5) is 4.82. The average Bonchev–Trinajstić information content (AvgIpc) is 3.02. The second-order valence-corrected chi connectivity index (χ2v) is 7.80. The number of aryl methyl sites for hydroxylation is 1. The first-order valence-electron chi connectivity index (χ1n) is 10.1. The standard InChI is InChI=1S/C22H31N3OS/c1-19-9-6-10-20(17-19)23-22(27)25(18-21-11-7-16-26-21)15-8-14-24-12-4-2-3-5-13-24/h6-7,9-11,16-17H,2-5,8,12-15,18H2,1H3,(H,23,27). The summed E-state index contributed by atoms with van der Waals surface area (Å²) in [5.41, 5.74) is 2.26. The molecule has 1 fully saturated rings. The van der Waals surface area contributed by atoms with Gasteiger partial charge in [-0.2, -0.15) is 0 Å². The zero-order chi connectivity index (χ0) is 18.9. The highest BCUT2D eigenvalue weighted by Gasteiger charge is 2.14. The van der Waals surface area contributed by atoms with E-state index in [9.17, 15) is 0 Å². The Balaban J connectivity index is 1.56. The molecule has 0 unspecified atom stereocenters. The number of hydrogen-bond acceptors (Lipinski definition) is 3. The number of nitrogens with zero attached hydrogens (tertiary/aromatic N) is 2. The Bertz CT molecular complexity index is 693. The van der Waals surface area contributed by atoms with Gasteiger partial charge in [-0.15, -0.1) is 0 Å². The molecule has 1 aromatic heterocycles. The van der Waals surface area contributed by atoms with Crippen LogP contribution in [0.25, 0.3) is 0 Å². The van der Waals surface area contributed by atoms with Crippen LogP contribution in [0.15, 0.2) is 47.1 Å². The zero-order valence-corrected chi connectivity index (χ0v) is 17.1. The van der Waals surface area contributed by atoms with Crippen molar-refractivity contribution >= 4 is 23.0 Å². The first kappa shape index (κ1) is 19.9. The van der Waals surface area contributed by atoms with E-state index in [1.54, 1.807) is 6.26 Å². The van der Waals surface area contributed by atoms with Gasteiger partial charge < -0.3 is 19.5 Å². The molecule has 2 aromatic rings. The number of thiocarbonyl (C=S) groups is 1. The van der Waals surface area contributed by atoms with Crippen LogP contribution in [0.2, 0.25) is 0 Å². The topological polar surface area (TPSA) is 31.6 Å². The highest BCUT2D eigenvalue weighted by Crippen LogP contribution is 2.14. The van der Waals surface area contributed by atoms with Crippen LogP contribution in [-0.4, -0.2) is 41.1 Å². The van der Waals surface area contributed by atoms with Gasteiger partial charge in [-0.3, -0.25) is 0 Å². The van der Waals surface area contributed by atoms with Crippen molar-refractivity contribution in [2.75, 3.05) is 31.5 Å². The molecule has 1 aliphatic heterocycles. The van der Waals surface area contributed by atoms with Crippen LogP contribution >= 0.6 is 12.2 Å². The predicted molar refractivity (Wildman–Crippen MR) is 116 cm³/mol. The normalized spacial score (nSPS) is 15.3. The fourth-order valence-corrected chi connectivity index (χ4v) is 3.89. The third-order valence-electron chi connectivity index (χ3n) is 5.08. The second-order valence-electron chi connectivity index (χ2n) is 7.41. The number of furan rings is 1. The Labute approximate surface area is 168 Å². The van der Waals surface area contributed by atoms with Gasteiger partial charge in [0.1, 0.15) is 5.76 Å². The molecule has 1 aliphatic rings. The molecule has 0 radical (unpaired) electrons. The molecule has 0 amide bonds. The SMILES string of the molecule is Cc1cccc(NC(=S)N(CCCN2CCCCCC2)Cc2ccco2)c1. The second kappa shape index (κ2) is 10.5. The summed E-state index contributed by atoms with van der Waals surface area (Å²) in [5.74, 6) is 0.943. The Kier molecular flexibility index (Phi) is 7.72. The molecule has 27 heavy (non-hydrogen) atoms. The number of anilines is 1. The van der Waals surface area contributed by atoms with Crippen LogP contribution in [0, 0.1) is 6.92 Å². The van der Waals surface area contributed by atoms with E-state index in [-0.39, 0.29) is 0 Å². The van der Waals surface area contributed by atoms with Crippen molar-refractivity contribution < 1.29 is 4.42 Å². The summed E-state index contributed by atoms with van der Waals surface area (Å²) in [5, 5.41) is 4.15. The lowest BCUT2D eigenvalue weighted by Gasteiger charge is -2.27. The van der Waals surface area contributed by atoms with Crippen molar-refractivity contribution in [3.05, 3.63) is 54.0 Å². The molecule has 3 rings (SSSR count). The molecule has 1 saturated heterocycles. The Morgan fingerprint density at radius 2 is 1.96 bits per heavy atom. The van der Waals surface area contributed by atoms with E-state index >= 15 is 0 Å². The lowest BCUT2D eigenvalue weighted by molar-refractivity contribution is 0.262. The molecule has 5 heteroatoms. The molecule has 2 heterocycles. The van der Waals surface area contributed by atoms with Crippen LogP contribution in [0.4, 0.5) is 5.69 Å². The lowest BCUT2D eigenvalue weighted by Crippen LogP contribution is -2.37. The van der Waals surface area contributed by atoms with Gasteiger partial charge in [-0.1, -0.05) is 25.0 Å². The van der Waals surface area contributed by atoms with Crippen molar-refractivity contribution in [3.63, 3.8) is 0 Å². The number of likely N-dealkylation sites (tertiary alicyclic amines) is 1. The number of rotatable bonds is 7. The lowest BCUT2D eigenvalue weighted by atomic mass is 10.2. The maximum atomic E-state index is 5.72. The molecule has 0 saturated carbocycles. The molecule has 0 aliphatic carbocycles. The highest BCUT2D eigenvalue weighted by atomic mass is 32.1. The van der Waals surface area contributed by atoms with Gasteiger partial charge in [0.2, 0.25) is 0 Å². The molecule has 146 valence electrons. The van der Waals surface area contributed by atoms with Crippen molar-refractivity contribution in [2.45, 2.75) is 45.6 Å². The van der Waals surface area contributed by atoms with Gasteiger partial charge in [0.25, 0.3) is 0 Å². The van der Waals surface area contributed by atoms with Crippen molar-refractivity contribution in [1.82, 2.24) is 9.80 Å².